The van der Waals surface area contributed by atoms with E-state index in [-0.39, 0.29) is 5.25 Å². The zero-order chi connectivity index (χ0) is 13.8. The monoisotopic (exact) mass is 292 g/mol. The van der Waals surface area contributed by atoms with Gasteiger partial charge in [-0.2, -0.15) is 0 Å². The molecule has 2 N–H and O–H groups in total. The van der Waals surface area contributed by atoms with Crippen LogP contribution < -0.4 is 5.73 Å². The lowest BCUT2D eigenvalue weighted by molar-refractivity contribution is 0.887. The average Bonchev–Trinajstić information content (AvgIpc) is 2.38. The van der Waals surface area contributed by atoms with E-state index in [2.05, 4.69) is 34.9 Å². The van der Waals surface area contributed by atoms with Crippen LogP contribution in [0.3, 0.4) is 0 Å². The predicted octanol–water partition coefficient (Wildman–Crippen LogP) is 3.34. The highest BCUT2D eigenvalue weighted by Gasteiger charge is 2.12. The van der Waals surface area contributed by atoms with Crippen molar-refractivity contribution in [2.75, 3.05) is 12.0 Å². The summed E-state index contributed by atoms with van der Waals surface area (Å²) in [6.45, 7) is 4.16. The lowest BCUT2D eigenvalue weighted by Gasteiger charge is -2.11. The van der Waals surface area contributed by atoms with Crippen LogP contribution >= 0.6 is 23.5 Å². The van der Waals surface area contributed by atoms with Crippen molar-refractivity contribution >= 4 is 29.3 Å². The van der Waals surface area contributed by atoms with E-state index in [0.29, 0.717) is 11.0 Å². The largest absolute Gasteiger partial charge is 0.384 e. The summed E-state index contributed by atoms with van der Waals surface area (Å²) in [5.74, 6) is 0.506. The Bertz CT molecular complexity index is 574. The molecule has 0 spiro atoms. The minimum atomic E-state index is 0.191. The van der Waals surface area contributed by atoms with Gasteiger partial charge in [0.15, 0.2) is 5.16 Å². The molecule has 1 atom stereocenters. The molecule has 2 rings (SSSR count). The van der Waals surface area contributed by atoms with Gasteiger partial charge in [0.25, 0.3) is 0 Å². The van der Waals surface area contributed by atoms with Crippen molar-refractivity contribution in [2.45, 2.75) is 29.3 Å². The summed E-state index contributed by atoms with van der Waals surface area (Å²) in [7, 11) is 0. The van der Waals surface area contributed by atoms with E-state index in [1.807, 2.05) is 18.5 Å². The molecule has 0 radical (unpaired) electrons. The summed E-state index contributed by atoms with van der Waals surface area (Å²) < 4.78 is 0. The van der Waals surface area contributed by atoms with Crippen LogP contribution in [0.5, 0.6) is 0 Å². The fourth-order valence-corrected chi connectivity index (χ4v) is 2.93. The Morgan fingerprint density at radius 1 is 1.26 bits per heavy atom. The normalized spacial score (nSPS) is 12.4. The third-order valence-electron chi connectivity index (χ3n) is 2.55. The Morgan fingerprint density at radius 3 is 2.74 bits per heavy atom. The van der Waals surface area contributed by atoms with Crippen LogP contribution in [0.2, 0.25) is 0 Å². The zero-order valence-corrected chi connectivity index (χ0v) is 12.8. The first-order valence-electron chi connectivity index (χ1n) is 5.86. The molecule has 2 aromatic heterocycles. The Hall–Kier alpha value is -1.27. The number of nitrogens with two attached hydrogens (primary N) is 1. The van der Waals surface area contributed by atoms with Crippen LogP contribution in [-0.4, -0.2) is 21.2 Å². The molecule has 4 nitrogen and oxygen atoms in total. The summed E-state index contributed by atoms with van der Waals surface area (Å²) in [5, 5.41) is 1.77. The van der Waals surface area contributed by atoms with Crippen molar-refractivity contribution in [3.8, 4) is 0 Å². The third kappa shape index (κ3) is 3.84. The summed E-state index contributed by atoms with van der Waals surface area (Å²) in [6.07, 6.45) is 3.80. The maximum absolute atomic E-state index is 5.78. The summed E-state index contributed by atoms with van der Waals surface area (Å²) in [6, 6.07) is 5.85. The van der Waals surface area contributed by atoms with Gasteiger partial charge in [-0.05, 0) is 37.8 Å². The Kier molecular flexibility index (Phi) is 4.66. The molecule has 0 aromatic carbocycles. The van der Waals surface area contributed by atoms with E-state index in [9.17, 15) is 0 Å². The van der Waals surface area contributed by atoms with Crippen molar-refractivity contribution in [1.29, 1.82) is 0 Å². The topological polar surface area (TPSA) is 64.7 Å². The predicted molar refractivity (Wildman–Crippen MR) is 81.5 cm³/mol. The molecule has 0 bridgehead atoms. The summed E-state index contributed by atoms with van der Waals surface area (Å²) in [4.78, 5) is 13.1. The fourth-order valence-electron chi connectivity index (χ4n) is 1.58. The average molecular weight is 292 g/mol. The van der Waals surface area contributed by atoms with Crippen LogP contribution in [0.1, 0.15) is 23.4 Å². The van der Waals surface area contributed by atoms with Gasteiger partial charge >= 0.3 is 0 Å². The van der Waals surface area contributed by atoms with Crippen LogP contribution in [0.25, 0.3) is 0 Å². The number of nitrogen functional groups attached to an aromatic ring is 1. The second-order valence-electron chi connectivity index (χ2n) is 4.14. The van der Waals surface area contributed by atoms with E-state index < -0.39 is 0 Å². The van der Waals surface area contributed by atoms with E-state index in [0.717, 1.165) is 10.7 Å². The molecule has 0 saturated heterocycles. The van der Waals surface area contributed by atoms with Crippen LogP contribution in [0.15, 0.2) is 34.6 Å². The van der Waals surface area contributed by atoms with Gasteiger partial charge in [0.2, 0.25) is 0 Å². The fraction of sp³-hybridized carbons (Fsp3) is 0.308. The molecule has 0 aliphatic heterocycles. The van der Waals surface area contributed by atoms with E-state index in [4.69, 9.17) is 5.73 Å². The maximum Gasteiger partial charge on any atom is 0.191 e. The number of anilines is 1. The number of nitrogens with zero attached hydrogens (tertiary/aromatic N) is 3. The van der Waals surface area contributed by atoms with Gasteiger partial charge in [-0.25, -0.2) is 9.97 Å². The molecule has 1 unspecified atom stereocenters. The van der Waals surface area contributed by atoms with E-state index in [1.165, 1.54) is 5.56 Å². The lowest BCUT2D eigenvalue weighted by Crippen LogP contribution is -1.99. The smallest absolute Gasteiger partial charge is 0.191 e. The van der Waals surface area contributed by atoms with Crippen LogP contribution in [-0.2, 0) is 0 Å². The molecule has 2 aromatic rings. The lowest BCUT2D eigenvalue weighted by atomic mass is 10.2. The van der Waals surface area contributed by atoms with Gasteiger partial charge in [0.05, 0.1) is 10.9 Å². The molecule has 19 heavy (non-hydrogen) atoms. The Morgan fingerprint density at radius 2 is 2.05 bits per heavy atom. The van der Waals surface area contributed by atoms with E-state index >= 15 is 0 Å². The van der Waals surface area contributed by atoms with Crippen molar-refractivity contribution in [2.24, 2.45) is 0 Å². The second-order valence-corrected chi connectivity index (χ2v) is 6.27. The number of pyridine rings is 1. The van der Waals surface area contributed by atoms with Gasteiger partial charge < -0.3 is 5.73 Å². The number of hydrogen-bond acceptors (Lipinski definition) is 6. The Balaban J connectivity index is 2.18. The van der Waals surface area contributed by atoms with Crippen LogP contribution in [0.4, 0.5) is 5.82 Å². The molecule has 0 aliphatic rings. The highest BCUT2D eigenvalue weighted by molar-refractivity contribution is 7.99. The first-order valence-corrected chi connectivity index (χ1v) is 7.96. The molecule has 100 valence electrons. The zero-order valence-electron chi connectivity index (χ0n) is 11.1. The first kappa shape index (κ1) is 14.1. The van der Waals surface area contributed by atoms with Crippen molar-refractivity contribution in [3.05, 3.63) is 35.7 Å². The number of aromatic nitrogens is 3. The molecule has 0 amide bonds. The number of thioether (sulfide) groups is 2. The standard InChI is InChI=1S/C13H16N4S2/c1-8-4-5-15-10(6-8)9(2)19-13-16-11(14)7-12(17-13)18-3/h4-7,9H,1-3H3,(H2,14,16,17). The number of hydrogen-bond donors (Lipinski definition) is 1. The highest BCUT2D eigenvalue weighted by Crippen LogP contribution is 2.33. The second kappa shape index (κ2) is 6.25. The molecule has 2 heterocycles. The molecule has 0 saturated carbocycles. The Labute approximate surface area is 121 Å². The molecule has 6 heteroatoms. The molecular formula is C13H16N4S2. The minimum Gasteiger partial charge on any atom is -0.384 e. The molecule has 0 fully saturated rings. The first-order chi connectivity index (χ1) is 9.08. The third-order valence-corrected chi connectivity index (χ3v) is 4.16. The molecular weight excluding hydrogens is 276 g/mol. The number of rotatable bonds is 4. The van der Waals surface area contributed by atoms with Gasteiger partial charge in [0.1, 0.15) is 10.8 Å². The van der Waals surface area contributed by atoms with Crippen molar-refractivity contribution in [3.63, 3.8) is 0 Å². The summed E-state index contributed by atoms with van der Waals surface area (Å²) in [5.41, 5.74) is 8.01. The SMILES string of the molecule is CSc1cc(N)nc(SC(C)c2cc(C)ccn2)n1. The number of aryl methyl sites for hydroxylation is 1. The van der Waals surface area contributed by atoms with Gasteiger partial charge in [0, 0.05) is 12.3 Å². The van der Waals surface area contributed by atoms with Crippen LogP contribution in [0, 0.1) is 6.92 Å². The van der Waals surface area contributed by atoms with Gasteiger partial charge in [-0.15, -0.1) is 11.8 Å². The van der Waals surface area contributed by atoms with Crippen molar-refractivity contribution < 1.29 is 0 Å². The van der Waals surface area contributed by atoms with E-state index in [1.54, 1.807) is 29.6 Å². The highest BCUT2D eigenvalue weighted by atomic mass is 32.2. The van der Waals surface area contributed by atoms with Crippen molar-refractivity contribution in [1.82, 2.24) is 15.0 Å². The maximum atomic E-state index is 5.78. The summed E-state index contributed by atoms with van der Waals surface area (Å²) >= 11 is 3.13. The molecule has 0 aliphatic carbocycles. The minimum absolute atomic E-state index is 0.191. The van der Waals surface area contributed by atoms with Gasteiger partial charge in [-0.1, -0.05) is 11.8 Å². The van der Waals surface area contributed by atoms with Gasteiger partial charge in [-0.3, -0.25) is 4.98 Å². The quantitative estimate of drug-likeness (QED) is 0.530.